The van der Waals surface area contributed by atoms with Gasteiger partial charge in [0.15, 0.2) is 0 Å². The molecule has 1 aliphatic heterocycles. The van der Waals surface area contributed by atoms with Gasteiger partial charge in [-0.15, -0.1) is 0 Å². The van der Waals surface area contributed by atoms with Gasteiger partial charge in [-0.05, 0) is 47.2 Å². The van der Waals surface area contributed by atoms with Crippen LogP contribution in [0.3, 0.4) is 0 Å². The van der Waals surface area contributed by atoms with Crippen LogP contribution in [0.15, 0.2) is 52.5 Å². The predicted molar refractivity (Wildman–Crippen MR) is 123 cm³/mol. The van der Waals surface area contributed by atoms with E-state index in [1.54, 1.807) is 18.3 Å². The van der Waals surface area contributed by atoms with E-state index in [0.717, 1.165) is 27.1 Å². The minimum absolute atomic E-state index is 0.0391. The number of ether oxygens (including phenoxy) is 1. The SMILES string of the molecule is CCSC1=NC(=O)C(=Cc2ccc3c(cnn3Cc3ccc(OC)cc3C(F)(F)F)c2)S1. The van der Waals surface area contributed by atoms with E-state index in [-0.39, 0.29) is 23.8 Å². The van der Waals surface area contributed by atoms with Crippen LogP contribution in [0.5, 0.6) is 5.75 Å². The van der Waals surface area contributed by atoms with Gasteiger partial charge in [0.2, 0.25) is 0 Å². The fraction of sp³-hybridized carbons (Fsp3) is 0.227. The number of carbonyl (C=O) groups excluding carboxylic acids is 1. The fourth-order valence-corrected chi connectivity index (χ4v) is 5.19. The summed E-state index contributed by atoms with van der Waals surface area (Å²) in [4.78, 5) is 16.7. The van der Waals surface area contributed by atoms with Gasteiger partial charge in [0, 0.05) is 5.39 Å². The number of carbonyl (C=O) groups is 1. The van der Waals surface area contributed by atoms with E-state index in [9.17, 15) is 18.0 Å². The van der Waals surface area contributed by atoms with E-state index in [1.165, 1.54) is 47.4 Å². The molecule has 0 unspecified atom stereocenters. The lowest BCUT2D eigenvalue weighted by Crippen LogP contribution is -2.12. The van der Waals surface area contributed by atoms with E-state index in [2.05, 4.69) is 10.1 Å². The van der Waals surface area contributed by atoms with Crippen LogP contribution in [-0.4, -0.2) is 32.9 Å². The molecule has 0 spiro atoms. The van der Waals surface area contributed by atoms with Gasteiger partial charge in [-0.3, -0.25) is 9.48 Å². The van der Waals surface area contributed by atoms with Gasteiger partial charge in [0.05, 0.1) is 35.8 Å². The van der Waals surface area contributed by atoms with Gasteiger partial charge in [-0.2, -0.15) is 23.3 Å². The number of halogens is 3. The molecular weight excluding hydrogens is 459 g/mol. The summed E-state index contributed by atoms with van der Waals surface area (Å²) in [7, 11) is 1.33. The molecule has 0 saturated carbocycles. The van der Waals surface area contributed by atoms with Crippen LogP contribution in [0.1, 0.15) is 23.6 Å². The number of aromatic nitrogens is 2. The molecule has 0 saturated heterocycles. The van der Waals surface area contributed by atoms with Crippen molar-refractivity contribution < 1.29 is 22.7 Å². The van der Waals surface area contributed by atoms with Gasteiger partial charge in [-0.1, -0.05) is 42.6 Å². The van der Waals surface area contributed by atoms with E-state index >= 15 is 0 Å². The summed E-state index contributed by atoms with van der Waals surface area (Å²) in [6.07, 6.45) is -1.14. The van der Waals surface area contributed by atoms with Crippen molar-refractivity contribution in [3.8, 4) is 5.75 Å². The van der Waals surface area contributed by atoms with Crippen LogP contribution in [0.25, 0.3) is 17.0 Å². The topological polar surface area (TPSA) is 56.5 Å². The van der Waals surface area contributed by atoms with Crippen molar-refractivity contribution in [2.75, 3.05) is 12.9 Å². The number of rotatable bonds is 5. The number of hydrogen-bond donors (Lipinski definition) is 0. The van der Waals surface area contributed by atoms with Crippen LogP contribution in [0.2, 0.25) is 0 Å². The number of fused-ring (bicyclic) bond motifs is 1. The van der Waals surface area contributed by atoms with Crippen molar-refractivity contribution >= 4 is 50.8 Å². The molecule has 0 N–H and O–H groups in total. The monoisotopic (exact) mass is 477 g/mol. The second-order valence-electron chi connectivity index (χ2n) is 6.87. The first-order chi connectivity index (χ1) is 15.3. The highest BCUT2D eigenvalue weighted by Crippen LogP contribution is 2.36. The van der Waals surface area contributed by atoms with Gasteiger partial charge in [-0.25, -0.2) is 0 Å². The first-order valence-corrected chi connectivity index (χ1v) is 11.4. The quantitative estimate of drug-likeness (QED) is 0.433. The molecule has 166 valence electrons. The molecule has 32 heavy (non-hydrogen) atoms. The lowest BCUT2D eigenvalue weighted by Gasteiger charge is -2.14. The largest absolute Gasteiger partial charge is 0.497 e. The lowest BCUT2D eigenvalue weighted by molar-refractivity contribution is -0.138. The number of amides is 1. The Morgan fingerprint density at radius 2 is 2.03 bits per heavy atom. The second kappa shape index (κ2) is 9.03. The third kappa shape index (κ3) is 4.71. The highest BCUT2D eigenvalue weighted by Gasteiger charge is 2.34. The Morgan fingerprint density at radius 3 is 2.75 bits per heavy atom. The third-order valence-electron chi connectivity index (χ3n) is 4.77. The van der Waals surface area contributed by atoms with Crippen molar-refractivity contribution in [2.24, 2.45) is 4.99 Å². The van der Waals surface area contributed by atoms with Gasteiger partial charge >= 0.3 is 6.18 Å². The molecule has 0 radical (unpaired) electrons. The van der Waals surface area contributed by atoms with Crippen molar-refractivity contribution in [1.82, 2.24) is 9.78 Å². The second-order valence-corrected chi connectivity index (χ2v) is 9.41. The number of alkyl halides is 3. The Balaban J connectivity index is 1.61. The minimum atomic E-state index is -4.51. The van der Waals surface area contributed by atoms with Crippen LogP contribution in [-0.2, 0) is 17.5 Å². The summed E-state index contributed by atoms with van der Waals surface area (Å²) in [5, 5.41) is 5.04. The van der Waals surface area contributed by atoms with Crippen molar-refractivity contribution in [3.63, 3.8) is 0 Å². The molecule has 10 heteroatoms. The third-order valence-corrected chi connectivity index (χ3v) is 6.78. The Morgan fingerprint density at radius 1 is 1.22 bits per heavy atom. The Kier molecular flexibility index (Phi) is 6.34. The van der Waals surface area contributed by atoms with Gasteiger partial charge in [0.1, 0.15) is 10.1 Å². The molecule has 1 aromatic heterocycles. The number of hydrogen-bond acceptors (Lipinski definition) is 5. The average molecular weight is 478 g/mol. The van der Waals surface area contributed by atoms with E-state index in [1.807, 2.05) is 19.1 Å². The van der Waals surface area contributed by atoms with E-state index < -0.39 is 11.7 Å². The maximum absolute atomic E-state index is 13.5. The molecule has 0 fully saturated rings. The average Bonchev–Trinajstić information content (AvgIpc) is 3.30. The summed E-state index contributed by atoms with van der Waals surface area (Å²) >= 11 is 2.86. The molecule has 3 aromatic rings. The molecule has 0 aliphatic carbocycles. The Bertz CT molecular complexity index is 1250. The number of aliphatic imine (C=N–C) groups is 1. The first kappa shape index (κ1) is 22.5. The number of thioether (sulfide) groups is 2. The zero-order chi connectivity index (χ0) is 22.9. The number of nitrogens with zero attached hydrogens (tertiary/aromatic N) is 3. The molecule has 2 heterocycles. The normalized spacial score (nSPS) is 15.6. The summed E-state index contributed by atoms with van der Waals surface area (Å²) in [6.45, 7) is 1.96. The van der Waals surface area contributed by atoms with E-state index in [4.69, 9.17) is 4.74 Å². The van der Waals surface area contributed by atoms with Crippen molar-refractivity contribution in [1.29, 1.82) is 0 Å². The van der Waals surface area contributed by atoms with Crippen LogP contribution >= 0.6 is 23.5 Å². The smallest absolute Gasteiger partial charge is 0.416 e. The molecule has 2 aromatic carbocycles. The summed E-state index contributed by atoms with van der Waals surface area (Å²) in [5.74, 6) is 0.718. The highest BCUT2D eigenvalue weighted by molar-refractivity contribution is 8.41. The van der Waals surface area contributed by atoms with Gasteiger partial charge in [0.25, 0.3) is 5.91 Å². The maximum Gasteiger partial charge on any atom is 0.416 e. The van der Waals surface area contributed by atoms with Crippen molar-refractivity contribution in [3.05, 3.63) is 64.2 Å². The summed E-state index contributed by atoms with van der Waals surface area (Å²) in [5.41, 5.74) is 0.839. The summed E-state index contributed by atoms with van der Waals surface area (Å²) in [6, 6.07) is 9.36. The summed E-state index contributed by atoms with van der Waals surface area (Å²) < 4.78 is 47.8. The van der Waals surface area contributed by atoms with Crippen LogP contribution < -0.4 is 4.74 Å². The molecule has 1 amide bonds. The standard InChI is InChI=1S/C22H18F3N3O2S2/c1-3-31-21-27-20(29)19(32-21)9-13-4-7-18-15(8-13)11-26-28(18)12-14-5-6-16(30-2)10-17(14)22(23,24)25/h4-11H,3,12H2,1-2H3. The van der Waals surface area contributed by atoms with Crippen LogP contribution in [0.4, 0.5) is 13.2 Å². The number of benzene rings is 2. The molecule has 0 bridgehead atoms. The number of methoxy groups -OCH3 is 1. The zero-order valence-corrected chi connectivity index (χ0v) is 18.8. The molecule has 5 nitrogen and oxygen atoms in total. The highest BCUT2D eigenvalue weighted by atomic mass is 32.2. The molecular formula is C22H18F3N3O2S2. The first-order valence-electron chi connectivity index (χ1n) is 9.63. The Labute approximate surface area is 190 Å². The predicted octanol–water partition coefficient (Wildman–Crippen LogP) is 5.84. The van der Waals surface area contributed by atoms with Crippen molar-refractivity contribution in [2.45, 2.75) is 19.6 Å². The molecule has 4 rings (SSSR count). The van der Waals surface area contributed by atoms with Crippen LogP contribution in [0, 0.1) is 0 Å². The maximum atomic E-state index is 13.5. The van der Waals surface area contributed by atoms with E-state index in [0.29, 0.717) is 10.4 Å². The fourth-order valence-electron chi connectivity index (χ4n) is 3.29. The molecule has 1 aliphatic rings. The lowest BCUT2D eigenvalue weighted by atomic mass is 10.1. The Hall–Kier alpha value is -2.72. The minimum Gasteiger partial charge on any atom is -0.497 e. The zero-order valence-electron chi connectivity index (χ0n) is 17.1. The van der Waals surface area contributed by atoms with Gasteiger partial charge < -0.3 is 4.74 Å². The molecule has 0 atom stereocenters.